The molecule has 0 aromatic carbocycles. The highest BCUT2D eigenvalue weighted by Gasteiger charge is 2.05. The van der Waals surface area contributed by atoms with Gasteiger partial charge < -0.3 is 4.98 Å². The number of rotatable bonds is 99. The molecule has 0 amide bonds. The van der Waals surface area contributed by atoms with E-state index in [4.69, 9.17) is 0 Å². The molecular formula is C103H204N2. The van der Waals surface area contributed by atoms with E-state index in [9.17, 15) is 0 Å². The van der Waals surface area contributed by atoms with Crippen molar-refractivity contribution in [3.8, 4) is 0 Å². The van der Waals surface area contributed by atoms with Crippen LogP contribution in [0.2, 0.25) is 0 Å². The van der Waals surface area contributed by atoms with Crippen molar-refractivity contribution in [1.82, 2.24) is 9.97 Å². The Balaban J connectivity index is 1.58. The zero-order chi connectivity index (χ0) is 74.4. The lowest BCUT2D eigenvalue weighted by Gasteiger charge is -2.05. The Morgan fingerprint density at radius 1 is 0.143 bits per heavy atom. The van der Waals surface area contributed by atoms with Crippen LogP contribution >= 0.6 is 0 Å². The van der Waals surface area contributed by atoms with E-state index in [0.717, 1.165) is 12.2 Å². The molecule has 1 N–H and O–H groups in total. The minimum absolute atomic E-state index is 1.12. The van der Waals surface area contributed by atoms with Crippen LogP contribution < -0.4 is 0 Å². The van der Waals surface area contributed by atoms with Gasteiger partial charge in [-0.25, -0.2) is 4.98 Å². The molecule has 626 valence electrons. The Hall–Kier alpha value is -0.790. The number of nitrogens with one attached hydrogen (secondary N) is 1. The Kier molecular flexibility index (Phi) is 94.8. The third kappa shape index (κ3) is 93.7. The molecule has 0 radical (unpaired) electrons. The van der Waals surface area contributed by atoms with Gasteiger partial charge in [0.25, 0.3) is 0 Å². The summed E-state index contributed by atoms with van der Waals surface area (Å²) in [7, 11) is 0. The van der Waals surface area contributed by atoms with Crippen LogP contribution in [-0.2, 0) is 6.42 Å². The summed E-state index contributed by atoms with van der Waals surface area (Å²) in [5, 5.41) is 0. The second-order valence-corrected chi connectivity index (χ2v) is 36.1. The molecule has 1 heterocycles. The third-order valence-electron chi connectivity index (χ3n) is 25.3. The molecule has 1 rings (SSSR count). The summed E-state index contributed by atoms with van der Waals surface area (Å²) in [6, 6.07) is 0. The summed E-state index contributed by atoms with van der Waals surface area (Å²) >= 11 is 0. The quantitative estimate of drug-likeness (QED) is 0.0647. The van der Waals surface area contributed by atoms with Gasteiger partial charge in [-0.3, -0.25) is 0 Å². The molecule has 0 atom stereocenters. The van der Waals surface area contributed by atoms with Crippen LogP contribution in [-0.4, -0.2) is 9.97 Å². The fourth-order valence-electron chi connectivity index (χ4n) is 17.8. The first-order valence-electron chi connectivity index (χ1n) is 51.4. The highest BCUT2D eigenvalue weighted by atomic mass is 14.9. The molecule has 2 nitrogen and oxygen atoms in total. The maximum absolute atomic E-state index is 4.33. The number of unbranched alkanes of at least 4 members (excludes halogenated alkanes) is 97. The summed E-state index contributed by atoms with van der Waals surface area (Å²) in [5.74, 6) is 1.16. The fraction of sp³-hybridized carbons (Fsp3) is 0.971. The number of hydrogen-bond acceptors (Lipinski definition) is 1. The molecule has 0 saturated carbocycles. The Labute approximate surface area is 666 Å². The van der Waals surface area contributed by atoms with Gasteiger partial charge in [0, 0.05) is 18.8 Å². The summed E-state index contributed by atoms with van der Waals surface area (Å²) < 4.78 is 0. The molecule has 2 heteroatoms. The van der Waals surface area contributed by atoms with Crippen molar-refractivity contribution in [2.45, 2.75) is 643 Å². The van der Waals surface area contributed by atoms with Crippen LogP contribution in [0.4, 0.5) is 0 Å². The van der Waals surface area contributed by atoms with E-state index in [0.29, 0.717) is 0 Å². The van der Waals surface area contributed by atoms with E-state index in [1.165, 1.54) is 629 Å². The normalized spacial score (nSPS) is 11.8. The first-order valence-corrected chi connectivity index (χ1v) is 51.4. The second kappa shape index (κ2) is 97.4. The molecule has 0 aliphatic heterocycles. The molecule has 1 aromatic rings. The van der Waals surface area contributed by atoms with Gasteiger partial charge in [0.15, 0.2) is 0 Å². The largest absolute Gasteiger partial charge is 0.349 e. The highest BCUT2D eigenvalue weighted by Crippen LogP contribution is 2.24. The van der Waals surface area contributed by atoms with Gasteiger partial charge in [-0.1, -0.05) is 630 Å². The lowest BCUT2D eigenvalue weighted by Crippen LogP contribution is -1.88. The van der Waals surface area contributed by atoms with Gasteiger partial charge in [-0.05, 0) is 6.42 Å². The Morgan fingerprint density at radius 2 is 0.238 bits per heavy atom. The van der Waals surface area contributed by atoms with Gasteiger partial charge >= 0.3 is 0 Å². The lowest BCUT2D eigenvalue weighted by molar-refractivity contribution is 0.505. The Morgan fingerprint density at radius 3 is 0.324 bits per heavy atom. The maximum Gasteiger partial charge on any atom is 0.105 e. The van der Waals surface area contributed by atoms with Crippen LogP contribution in [0.15, 0.2) is 12.4 Å². The highest BCUT2D eigenvalue weighted by molar-refractivity contribution is 4.86. The van der Waals surface area contributed by atoms with Gasteiger partial charge in [0.05, 0.1) is 0 Å². The van der Waals surface area contributed by atoms with Gasteiger partial charge in [-0.2, -0.15) is 0 Å². The Bertz CT molecular complexity index is 1570. The van der Waals surface area contributed by atoms with Crippen LogP contribution in [0.25, 0.3) is 0 Å². The molecular weight excluding hydrogens is 1270 g/mol. The topological polar surface area (TPSA) is 28.7 Å². The zero-order valence-electron chi connectivity index (χ0n) is 73.6. The molecule has 0 bridgehead atoms. The van der Waals surface area contributed by atoms with Crippen LogP contribution in [0.3, 0.4) is 0 Å². The fourth-order valence-corrected chi connectivity index (χ4v) is 17.8. The van der Waals surface area contributed by atoms with Gasteiger partial charge in [0.2, 0.25) is 0 Å². The zero-order valence-corrected chi connectivity index (χ0v) is 73.6. The number of hydrogen-bond donors (Lipinski definition) is 1. The van der Waals surface area contributed by atoms with Crippen molar-refractivity contribution in [2.24, 2.45) is 0 Å². The summed E-state index contributed by atoms with van der Waals surface area (Å²) in [4.78, 5) is 7.55. The van der Waals surface area contributed by atoms with Crippen molar-refractivity contribution in [2.75, 3.05) is 0 Å². The van der Waals surface area contributed by atoms with Crippen LogP contribution in [0.5, 0.6) is 0 Å². The first-order chi connectivity index (χ1) is 52.4. The number of aromatic amines is 1. The number of H-pyrrole nitrogens is 1. The minimum atomic E-state index is 1.12. The van der Waals surface area contributed by atoms with Crippen LogP contribution in [0.1, 0.15) is 642 Å². The molecule has 0 aliphatic rings. The SMILES string of the molecule is CCCCCCCCCCCCCCCCCCCCCCCCCCCCCCCCCCCCCCCCCCCCCCCCCCCCCCCCCCCCCCCCCCCCCCCCCCCCCCCCCCCCCCCCCCCCCCCCCCCCc1ncc[nH]1. The van der Waals surface area contributed by atoms with Crippen molar-refractivity contribution in [3.05, 3.63) is 18.2 Å². The van der Waals surface area contributed by atoms with E-state index in [2.05, 4.69) is 16.9 Å². The number of aromatic nitrogens is 2. The second-order valence-electron chi connectivity index (χ2n) is 36.1. The van der Waals surface area contributed by atoms with E-state index < -0.39 is 0 Å². The number of nitrogens with zero attached hydrogens (tertiary/aromatic N) is 1. The van der Waals surface area contributed by atoms with E-state index in [1.807, 2.05) is 12.4 Å². The molecule has 105 heavy (non-hydrogen) atoms. The average molecular weight is 1470 g/mol. The third-order valence-corrected chi connectivity index (χ3v) is 25.3. The molecule has 0 spiro atoms. The van der Waals surface area contributed by atoms with Crippen molar-refractivity contribution in [3.63, 3.8) is 0 Å². The summed E-state index contributed by atoms with van der Waals surface area (Å²) in [6.45, 7) is 2.32. The van der Waals surface area contributed by atoms with Crippen molar-refractivity contribution < 1.29 is 0 Å². The van der Waals surface area contributed by atoms with Crippen LogP contribution in [0, 0.1) is 0 Å². The predicted octanol–water partition coefficient (Wildman–Crippen LogP) is 39.2. The first kappa shape index (κ1) is 102. The van der Waals surface area contributed by atoms with E-state index >= 15 is 0 Å². The van der Waals surface area contributed by atoms with Gasteiger partial charge in [0.1, 0.15) is 5.82 Å². The monoisotopic (exact) mass is 1470 g/mol. The summed E-state index contributed by atoms with van der Waals surface area (Å²) in [6.07, 6.45) is 151. The molecule has 0 fully saturated rings. The minimum Gasteiger partial charge on any atom is -0.349 e. The van der Waals surface area contributed by atoms with E-state index in [1.54, 1.807) is 0 Å². The smallest absolute Gasteiger partial charge is 0.105 e. The molecule has 0 aliphatic carbocycles. The van der Waals surface area contributed by atoms with Crippen molar-refractivity contribution >= 4 is 0 Å². The average Bonchev–Trinajstić information content (AvgIpc) is 4.30. The maximum atomic E-state index is 4.33. The standard InChI is InChI=1S/C103H204N2/c1-2-3-4-5-6-7-8-9-10-11-12-13-14-15-16-17-18-19-20-21-22-23-24-25-26-27-28-29-30-31-32-33-34-35-36-37-38-39-40-41-42-43-44-45-46-47-48-49-50-51-52-53-54-55-56-57-58-59-60-61-62-63-64-65-66-67-68-69-70-71-72-73-74-75-76-77-78-79-80-81-82-83-84-85-86-87-88-89-90-91-92-93-94-95-96-97-98-99-100-103-104-101-102-105-103/h101-102H,2-100H2,1H3,(H,104,105). The number of imidazole rings is 1. The molecule has 0 saturated heterocycles. The molecule has 0 unspecified atom stereocenters. The van der Waals surface area contributed by atoms with Gasteiger partial charge in [-0.15, -0.1) is 0 Å². The lowest BCUT2D eigenvalue weighted by atomic mass is 10.0. The number of aryl methyl sites for hydroxylation is 1. The van der Waals surface area contributed by atoms with E-state index in [-0.39, 0.29) is 0 Å². The molecule has 1 aromatic heterocycles. The predicted molar refractivity (Wildman–Crippen MR) is 480 cm³/mol. The summed E-state index contributed by atoms with van der Waals surface area (Å²) in [5.41, 5.74) is 0. The van der Waals surface area contributed by atoms with Crippen molar-refractivity contribution in [1.29, 1.82) is 0 Å².